The first-order valence-electron chi connectivity index (χ1n) is 7.97. The average Bonchev–Trinajstić information content (AvgIpc) is 3.07. The minimum atomic E-state index is -0.103. The molecule has 3 fully saturated rings. The number of nitrogens with zero attached hydrogens (tertiary/aromatic N) is 3. The summed E-state index contributed by atoms with van der Waals surface area (Å²) < 4.78 is 0.761. The summed E-state index contributed by atoms with van der Waals surface area (Å²) in [6.07, 6.45) is 2.36. The zero-order chi connectivity index (χ0) is 16.5. The van der Waals surface area contributed by atoms with Crippen LogP contribution in [0.15, 0.2) is 33.5 Å². The number of nitrogens with one attached hydrogen (secondary N) is 1. The first-order valence-corrected chi connectivity index (χ1v) is 9.98. The summed E-state index contributed by atoms with van der Waals surface area (Å²) in [6, 6.07) is 7.79. The van der Waals surface area contributed by atoms with Crippen LogP contribution in [-0.4, -0.2) is 46.7 Å². The van der Waals surface area contributed by atoms with Gasteiger partial charge in [0.25, 0.3) is 5.91 Å². The molecule has 8 heteroatoms. The third kappa shape index (κ3) is 3.59. The smallest absolute Gasteiger partial charge is 0.282 e. The number of benzene rings is 1. The second-order valence-electron chi connectivity index (χ2n) is 6.15. The van der Waals surface area contributed by atoms with Crippen LogP contribution in [0, 0.1) is 5.92 Å². The lowest BCUT2D eigenvalue weighted by atomic mass is 9.84. The largest absolute Gasteiger partial charge is 0.346 e. The third-order valence-corrected chi connectivity index (χ3v) is 6.82. The molecule has 1 aromatic carbocycles. The summed E-state index contributed by atoms with van der Waals surface area (Å²) in [5.74, 6) is 0.504. The number of aromatic nitrogens is 2. The SMILES string of the molecule is O=C(NC1CN2CCC1CC2)c1nnc(Sc2ccc(Cl)cc2)s1. The van der Waals surface area contributed by atoms with E-state index >= 15 is 0 Å². The number of amides is 1. The summed E-state index contributed by atoms with van der Waals surface area (Å²) in [4.78, 5) is 15.9. The number of carbonyl (C=O) groups is 1. The molecule has 1 atom stereocenters. The van der Waals surface area contributed by atoms with Gasteiger partial charge in [0, 0.05) is 22.5 Å². The number of halogens is 1. The van der Waals surface area contributed by atoms with Crippen LogP contribution in [0.1, 0.15) is 22.6 Å². The molecule has 3 aliphatic rings. The van der Waals surface area contributed by atoms with Crippen molar-refractivity contribution in [3.63, 3.8) is 0 Å². The topological polar surface area (TPSA) is 58.1 Å². The van der Waals surface area contributed by atoms with Crippen LogP contribution >= 0.6 is 34.7 Å². The maximum Gasteiger partial charge on any atom is 0.282 e. The van der Waals surface area contributed by atoms with E-state index in [0.717, 1.165) is 28.9 Å². The van der Waals surface area contributed by atoms with Crippen LogP contribution in [0.3, 0.4) is 0 Å². The molecular formula is C16H17ClN4OS2. The van der Waals surface area contributed by atoms with Crippen LogP contribution in [0.5, 0.6) is 0 Å². The second-order valence-corrected chi connectivity index (χ2v) is 8.88. The Hall–Kier alpha value is -1.15. The molecule has 4 heterocycles. The van der Waals surface area contributed by atoms with Gasteiger partial charge in [-0.15, -0.1) is 10.2 Å². The van der Waals surface area contributed by atoms with E-state index in [1.54, 1.807) is 0 Å². The molecule has 1 amide bonds. The maximum absolute atomic E-state index is 12.5. The zero-order valence-electron chi connectivity index (χ0n) is 12.9. The van der Waals surface area contributed by atoms with Crippen molar-refractivity contribution in [1.29, 1.82) is 0 Å². The van der Waals surface area contributed by atoms with Gasteiger partial charge in [0.15, 0.2) is 4.34 Å². The Morgan fingerprint density at radius 1 is 1.25 bits per heavy atom. The third-order valence-electron chi connectivity index (χ3n) is 4.59. The van der Waals surface area contributed by atoms with Crippen LogP contribution in [0.4, 0.5) is 0 Å². The highest BCUT2D eigenvalue weighted by Gasteiger charge is 2.35. The van der Waals surface area contributed by atoms with Gasteiger partial charge in [-0.25, -0.2) is 0 Å². The first-order chi connectivity index (χ1) is 11.7. The van der Waals surface area contributed by atoms with Crippen LogP contribution in [-0.2, 0) is 0 Å². The van der Waals surface area contributed by atoms with E-state index in [-0.39, 0.29) is 11.9 Å². The summed E-state index contributed by atoms with van der Waals surface area (Å²) >= 11 is 8.71. The molecule has 3 aliphatic heterocycles. The molecule has 2 aromatic rings. The fourth-order valence-electron chi connectivity index (χ4n) is 3.30. The number of rotatable bonds is 4. The molecule has 1 aromatic heterocycles. The van der Waals surface area contributed by atoms with Crippen molar-refractivity contribution >= 4 is 40.6 Å². The molecule has 5 rings (SSSR count). The van der Waals surface area contributed by atoms with Crippen molar-refractivity contribution in [3.8, 4) is 0 Å². The fourth-order valence-corrected chi connectivity index (χ4v) is 5.16. The summed E-state index contributed by atoms with van der Waals surface area (Å²) in [7, 11) is 0. The van der Waals surface area contributed by atoms with Gasteiger partial charge >= 0.3 is 0 Å². The minimum Gasteiger partial charge on any atom is -0.346 e. The van der Waals surface area contributed by atoms with E-state index in [2.05, 4.69) is 20.4 Å². The Morgan fingerprint density at radius 2 is 2.00 bits per heavy atom. The van der Waals surface area contributed by atoms with Gasteiger partial charge in [0.1, 0.15) is 0 Å². The molecule has 3 saturated heterocycles. The maximum atomic E-state index is 12.5. The van der Waals surface area contributed by atoms with Crippen LogP contribution < -0.4 is 5.32 Å². The average molecular weight is 381 g/mol. The predicted molar refractivity (Wildman–Crippen MR) is 95.9 cm³/mol. The first kappa shape index (κ1) is 16.3. The van der Waals surface area contributed by atoms with Gasteiger partial charge in [-0.3, -0.25) is 4.79 Å². The minimum absolute atomic E-state index is 0.103. The van der Waals surface area contributed by atoms with Gasteiger partial charge in [-0.2, -0.15) is 0 Å². The number of hydrogen-bond acceptors (Lipinski definition) is 6. The van der Waals surface area contributed by atoms with Crippen molar-refractivity contribution in [2.24, 2.45) is 5.92 Å². The van der Waals surface area contributed by atoms with E-state index in [4.69, 9.17) is 11.6 Å². The van der Waals surface area contributed by atoms with E-state index in [0.29, 0.717) is 15.9 Å². The zero-order valence-corrected chi connectivity index (χ0v) is 15.3. The number of piperidine rings is 3. The summed E-state index contributed by atoms with van der Waals surface area (Å²) in [6.45, 7) is 3.29. The lowest BCUT2D eigenvalue weighted by molar-refractivity contribution is 0.0620. The highest BCUT2D eigenvalue weighted by atomic mass is 35.5. The standard InChI is InChI=1S/C16H17ClN4OS2/c17-11-1-3-12(4-2-11)23-16-20-19-15(24-16)14(22)18-13-9-21-7-5-10(13)6-8-21/h1-4,10,13H,5-9H2,(H,18,22). The molecule has 126 valence electrons. The van der Waals surface area contributed by atoms with E-state index in [1.807, 2.05) is 24.3 Å². The van der Waals surface area contributed by atoms with Crippen molar-refractivity contribution in [1.82, 2.24) is 20.4 Å². The van der Waals surface area contributed by atoms with Crippen molar-refractivity contribution < 1.29 is 4.79 Å². The highest BCUT2D eigenvalue weighted by molar-refractivity contribution is 8.01. The molecule has 1 unspecified atom stereocenters. The second kappa shape index (κ2) is 7.00. The lowest BCUT2D eigenvalue weighted by Gasteiger charge is -2.44. The molecule has 0 aliphatic carbocycles. The Morgan fingerprint density at radius 3 is 2.67 bits per heavy atom. The molecule has 0 radical (unpaired) electrons. The summed E-state index contributed by atoms with van der Waals surface area (Å²) in [5, 5.41) is 12.5. The molecule has 0 spiro atoms. The number of hydrogen-bond donors (Lipinski definition) is 1. The quantitative estimate of drug-likeness (QED) is 0.882. The van der Waals surface area contributed by atoms with E-state index in [1.165, 1.54) is 35.9 Å². The fraction of sp³-hybridized carbons (Fsp3) is 0.438. The molecular weight excluding hydrogens is 364 g/mol. The van der Waals surface area contributed by atoms with Gasteiger partial charge in [-0.05, 0) is 56.1 Å². The highest BCUT2D eigenvalue weighted by Crippen LogP contribution is 2.31. The molecule has 1 N–H and O–H groups in total. The van der Waals surface area contributed by atoms with Gasteiger partial charge < -0.3 is 10.2 Å². The predicted octanol–water partition coefficient (Wildman–Crippen LogP) is 3.17. The van der Waals surface area contributed by atoms with Crippen molar-refractivity contribution in [2.75, 3.05) is 19.6 Å². The monoisotopic (exact) mass is 380 g/mol. The Balaban J connectivity index is 1.39. The Labute approximate surface area is 153 Å². The van der Waals surface area contributed by atoms with Gasteiger partial charge in [0.05, 0.1) is 0 Å². The normalized spacial score (nSPS) is 25.6. The molecule has 5 nitrogen and oxygen atoms in total. The van der Waals surface area contributed by atoms with E-state index < -0.39 is 0 Å². The molecule has 0 saturated carbocycles. The van der Waals surface area contributed by atoms with Crippen LogP contribution in [0.25, 0.3) is 0 Å². The number of carbonyl (C=O) groups excluding carboxylic acids is 1. The van der Waals surface area contributed by atoms with Crippen molar-refractivity contribution in [2.45, 2.75) is 28.1 Å². The molecule has 24 heavy (non-hydrogen) atoms. The molecule has 2 bridgehead atoms. The van der Waals surface area contributed by atoms with Crippen molar-refractivity contribution in [3.05, 3.63) is 34.3 Å². The Bertz CT molecular complexity index is 728. The van der Waals surface area contributed by atoms with Crippen LogP contribution in [0.2, 0.25) is 5.02 Å². The lowest BCUT2D eigenvalue weighted by Crippen LogP contribution is -2.57. The summed E-state index contributed by atoms with van der Waals surface area (Å²) in [5.41, 5.74) is 0. The van der Waals surface area contributed by atoms with Gasteiger partial charge in [0.2, 0.25) is 5.01 Å². The Kier molecular flexibility index (Phi) is 4.76. The van der Waals surface area contributed by atoms with E-state index in [9.17, 15) is 4.79 Å². The van der Waals surface area contributed by atoms with Gasteiger partial charge in [-0.1, -0.05) is 34.7 Å². The number of fused-ring (bicyclic) bond motifs is 3.